The summed E-state index contributed by atoms with van der Waals surface area (Å²) in [5.74, 6) is 0. The van der Waals surface area contributed by atoms with Crippen LogP contribution >= 0.6 is 0 Å². The Morgan fingerprint density at radius 3 is 1.14 bits per heavy atom. The van der Waals surface area contributed by atoms with E-state index in [2.05, 4.69) is 0 Å². The molecule has 0 saturated carbocycles. The van der Waals surface area contributed by atoms with E-state index < -0.39 is 10.4 Å². The van der Waals surface area contributed by atoms with Gasteiger partial charge in [0.05, 0.1) is 0 Å². The van der Waals surface area contributed by atoms with Crippen molar-refractivity contribution in [1.82, 2.24) is 0 Å². The zero-order valence-electron chi connectivity index (χ0n) is 3.42. The smallest absolute Gasteiger partial charge is 0.759 e. The number of hydrogen-bond acceptors (Lipinski definition) is 4. The molecule has 0 aromatic carbocycles. The maximum absolute atomic E-state index is 8.52. The Bertz CT molecular complexity index is 94.9. The van der Waals surface area contributed by atoms with Gasteiger partial charge >= 0.3 is 86.0 Å². The van der Waals surface area contributed by atoms with Crippen LogP contribution in [0.3, 0.4) is 0 Å². The van der Waals surface area contributed by atoms with E-state index in [0.29, 0.717) is 0 Å². The molecular formula is CsMnO4S+. The molecule has 0 aromatic rings. The second-order valence-corrected chi connectivity index (χ2v) is 1.22. The Balaban J connectivity index is -0.0000000800. The second kappa shape index (κ2) is 6.56. The van der Waals surface area contributed by atoms with Gasteiger partial charge in [-0.15, -0.1) is 0 Å². The molecule has 0 bridgehead atoms. The first-order valence-corrected chi connectivity index (χ1v) is 2.00. The van der Waals surface area contributed by atoms with Gasteiger partial charge in [-0.1, -0.05) is 0 Å². The first-order chi connectivity index (χ1) is 2.00. The van der Waals surface area contributed by atoms with E-state index in [0.717, 1.165) is 0 Å². The Kier molecular flexibility index (Phi) is 15.2. The SMILES string of the molecule is O=S(=O)([O-])[O-].[Cs+].[Mn+2]. The predicted molar refractivity (Wildman–Crippen MR) is 10.5 cm³/mol. The normalized spacial score (nSPS) is 8.29. The molecule has 37 valence electrons. The van der Waals surface area contributed by atoms with Crippen molar-refractivity contribution in [2.75, 3.05) is 0 Å². The maximum atomic E-state index is 8.52. The summed E-state index contributed by atoms with van der Waals surface area (Å²) >= 11 is 0. The van der Waals surface area contributed by atoms with E-state index in [-0.39, 0.29) is 86.0 Å². The van der Waals surface area contributed by atoms with Gasteiger partial charge in [0.2, 0.25) is 0 Å². The molecule has 0 aromatic heterocycles. The summed E-state index contributed by atoms with van der Waals surface area (Å²) in [6.45, 7) is 0. The van der Waals surface area contributed by atoms with Crippen molar-refractivity contribution in [3.63, 3.8) is 0 Å². The van der Waals surface area contributed by atoms with Crippen LogP contribution in [-0.2, 0) is 27.5 Å². The first-order valence-electron chi connectivity index (χ1n) is 0.667. The molecule has 0 spiro atoms. The summed E-state index contributed by atoms with van der Waals surface area (Å²) in [5.41, 5.74) is 0. The van der Waals surface area contributed by atoms with Crippen molar-refractivity contribution < 1.29 is 103 Å². The largest absolute Gasteiger partial charge is 2.00 e. The van der Waals surface area contributed by atoms with Crippen molar-refractivity contribution in [2.24, 2.45) is 0 Å². The summed E-state index contributed by atoms with van der Waals surface area (Å²) in [6, 6.07) is 0. The van der Waals surface area contributed by atoms with E-state index >= 15 is 0 Å². The molecule has 0 N–H and O–H groups in total. The van der Waals surface area contributed by atoms with Crippen molar-refractivity contribution >= 4 is 10.4 Å². The zero-order chi connectivity index (χ0) is 4.50. The van der Waals surface area contributed by atoms with Crippen LogP contribution in [0.1, 0.15) is 0 Å². The fraction of sp³-hybridized carbons (Fsp3) is 0. The minimum atomic E-state index is -5.17. The van der Waals surface area contributed by atoms with E-state index in [1.807, 2.05) is 0 Å². The molecule has 0 aliphatic rings. The summed E-state index contributed by atoms with van der Waals surface area (Å²) in [4.78, 5) is 0. The Labute approximate surface area is 111 Å². The van der Waals surface area contributed by atoms with Crippen molar-refractivity contribution in [3.05, 3.63) is 0 Å². The molecule has 0 aliphatic carbocycles. The summed E-state index contributed by atoms with van der Waals surface area (Å²) < 4.78 is 34.1. The molecular weight excluding hydrogens is 284 g/mol. The predicted octanol–water partition coefficient (Wildman–Crippen LogP) is -4.34. The van der Waals surface area contributed by atoms with Gasteiger partial charge in [0, 0.05) is 10.4 Å². The average Bonchev–Trinajstić information content (AvgIpc) is 0.722. The van der Waals surface area contributed by atoms with Crippen LogP contribution in [0, 0.1) is 0 Å². The van der Waals surface area contributed by atoms with Crippen LogP contribution in [0.4, 0.5) is 0 Å². The van der Waals surface area contributed by atoms with Gasteiger partial charge in [0.15, 0.2) is 0 Å². The average molecular weight is 284 g/mol. The van der Waals surface area contributed by atoms with E-state index in [1.54, 1.807) is 0 Å². The Hall–Kier alpha value is 2.44. The zero-order valence-corrected chi connectivity index (χ0v) is 11.7. The third-order valence-electron chi connectivity index (χ3n) is 0. The van der Waals surface area contributed by atoms with Crippen LogP contribution < -0.4 is 68.9 Å². The van der Waals surface area contributed by atoms with Crippen LogP contribution in [0.15, 0.2) is 0 Å². The molecule has 0 heterocycles. The third kappa shape index (κ3) is 58.8. The monoisotopic (exact) mass is 284 g/mol. The van der Waals surface area contributed by atoms with Crippen LogP contribution in [0.2, 0.25) is 0 Å². The van der Waals surface area contributed by atoms with Gasteiger partial charge in [-0.25, -0.2) is 0 Å². The van der Waals surface area contributed by atoms with Gasteiger partial charge in [-0.2, -0.15) is 0 Å². The molecule has 1 radical (unpaired) electrons. The van der Waals surface area contributed by atoms with Gasteiger partial charge in [-0.05, 0) is 0 Å². The maximum Gasteiger partial charge on any atom is 2.00 e. The molecule has 0 atom stereocenters. The van der Waals surface area contributed by atoms with Crippen LogP contribution in [-0.4, -0.2) is 17.5 Å². The van der Waals surface area contributed by atoms with Crippen LogP contribution in [0.5, 0.6) is 0 Å². The molecule has 7 heavy (non-hydrogen) atoms. The quantitative estimate of drug-likeness (QED) is 0.256. The summed E-state index contributed by atoms with van der Waals surface area (Å²) in [6.07, 6.45) is 0. The van der Waals surface area contributed by atoms with Crippen LogP contribution in [0.25, 0.3) is 0 Å². The fourth-order valence-corrected chi connectivity index (χ4v) is 0. The van der Waals surface area contributed by atoms with E-state index in [9.17, 15) is 0 Å². The molecule has 7 heteroatoms. The van der Waals surface area contributed by atoms with E-state index in [4.69, 9.17) is 17.5 Å². The molecule has 0 aliphatic heterocycles. The topological polar surface area (TPSA) is 80.3 Å². The number of hydrogen-bond donors (Lipinski definition) is 0. The minimum Gasteiger partial charge on any atom is -0.759 e. The van der Waals surface area contributed by atoms with Gasteiger partial charge in [0.1, 0.15) is 0 Å². The minimum absolute atomic E-state index is 0. The third-order valence-corrected chi connectivity index (χ3v) is 0. The van der Waals surface area contributed by atoms with Gasteiger partial charge in [0.25, 0.3) is 0 Å². The van der Waals surface area contributed by atoms with Gasteiger partial charge in [-0.3, -0.25) is 8.42 Å². The molecule has 0 rings (SSSR count). The summed E-state index contributed by atoms with van der Waals surface area (Å²) in [5, 5.41) is 0. The molecule has 0 saturated heterocycles. The van der Waals surface area contributed by atoms with E-state index in [1.165, 1.54) is 0 Å². The van der Waals surface area contributed by atoms with Gasteiger partial charge < -0.3 is 9.11 Å². The Morgan fingerprint density at radius 1 is 1.14 bits per heavy atom. The summed E-state index contributed by atoms with van der Waals surface area (Å²) in [7, 11) is -5.17. The second-order valence-electron chi connectivity index (χ2n) is 0.408. The number of rotatable bonds is 0. The molecule has 0 fully saturated rings. The molecule has 0 amide bonds. The first kappa shape index (κ1) is 16.2. The molecule has 4 nitrogen and oxygen atoms in total. The van der Waals surface area contributed by atoms with Crippen molar-refractivity contribution in [1.29, 1.82) is 0 Å². The Morgan fingerprint density at radius 2 is 1.14 bits per heavy atom. The standard InChI is InChI=1S/Cs.Mn.H2O4S/c;;1-5(2,3)4/h;;(H2,1,2,3,4)/q+1;+2;/p-2. The molecule has 0 unspecified atom stereocenters. The van der Waals surface area contributed by atoms with Crippen molar-refractivity contribution in [3.8, 4) is 0 Å². The fourth-order valence-electron chi connectivity index (χ4n) is 0. The van der Waals surface area contributed by atoms with Crippen molar-refractivity contribution in [2.45, 2.75) is 0 Å².